The number of methoxy groups -OCH3 is 1. The number of hydrogen-bond donors (Lipinski definition) is 1. The molecule has 4 nitrogen and oxygen atoms in total. The maximum absolute atomic E-state index is 11.0. The summed E-state index contributed by atoms with van der Waals surface area (Å²) in [6.45, 7) is 3.95. The minimum atomic E-state index is -0.132. The molecule has 1 aliphatic rings. The van der Waals surface area contributed by atoms with Gasteiger partial charge in [0.1, 0.15) is 0 Å². The predicted molar refractivity (Wildman–Crippen MR) is 54.9 cm³/mol. The van der Waals surface area contributed by atoms with E-state index < -0.39 is 0 Å². The third-order valence-electron chi connectivity index (χ3n) is 2.89. The summed E-state index contributed by atoms with van der Waals surface area (Å²) in [5.41, 5.74) is 5.85. The third kappa shape index (κ3) is 3.27. The van der Waals surface area contributed by atoms with Gasteiger partial charge in [-0.1, -0.05) is 0 Å². The standard InChI is InChI=1S/C10H20N2O2/c1-8-7-9(11)3-5-12(8)6-4-10(13)14-2/h8-9H,3-7,11H2,1-2H3. The average molecular weight is 200 g/mol. The van der Waals surface area contributed by atoms with E-state index in [4.69, 9.17) is 5.73 Å². The summed E-state index contributed by atoms with van der Waals surface area (Å²) < 4.78 is 4.61. The van der Waals surface area contributed by atoms with Crippen LogP contribution in [0.25, 0.3) is 0 Å². The summed E-state index contributed by atoms with van der Waals surface area (Å²) >= 11 is 0. The Labute approximate surface area is 85.4 Å². The fourth-order valence-corrected chi connectivity index (χ4v) is 1.93. The molecule has 0 aliphatic carbocycles. The SMILES string of the molecule is COC(=O)CCN1CCC(N)CC1C. The zero-order chi connectivity index (χ0) is 10.6. The highest BCUT2D eigenvalue weighted by Gasteiger charge is 2.23. The molecule has 0 saturated carbocycles. The van der Waals surface area contributed by atoms with E-state index in [0.29, 0.717) is 18.5 Å². The van der Waals surface area contributed by atoms with Gasteiger partial charge in [0.25, 0.3) is 0 Å². The molecule has 1 fully saturated rings. The van der Waals surface area contributed by atoms with Gasteiger partial charge in [0.15, 0.2) is 0 Å². The summed E-state index contributed by atoms with van der Waals surface area (Å²) in [5.74, 6) is -0.132. The quantitative estimate of drug-likeness (QED) is 0.668. The minimum absolute atomic E-state index is 0.132. The van der Waals surface area contributed by atoms with Crippen molar-refractivity contribution in [1.82, 2.24) is 4.90 Å². The van der Waals surface area contributed by atoms with E-state index in [1.807, 2.05) is 0 Å². The third-order valence-corrected chi connectivity index (χ3v) is 2.89. The van der Waals surface area contributed by atoms with Gasteiger partial charge in [-0.2, -0.15) is 0 Å². The molecule has 14 heavy (non-hydrogen) atoms. The molecular weight excluding hydrogens is 180 g/mol. The summed E-state index contributed by atoms with van der Waals surface area (Å²) in [6, 6.07) is 0.822. The Kier molecular flexibility index (Phi) is 4.35. The second-order valence-electron chi connectivity index (χ2n) is 4.00. The van der Waals surface area contributed by atoms with Crippen LogP contribution in [0.5, 0.6) is 0 Å². The van der Waals surface area contributed by atoms with Crippen molar-refractivity contribution in [3.8, 4) is 0 Å². The fourth-order valence-electron chi connectivity index (χ4n) is 1.93. The maximum Gasteiger partial charge on any atom is 0.306 e. The Balaban J connectivity index is 2.27. The van der Waals surface area contributed by atoms with E-state index in [9.17, 15) is 4.79 Å². The van der Waals surface area contributed by atoms with Gasteiger partial charge in [-0.15, -0.1) is 0 Å². The molecule has 2 N–H and O–H groups in total. The van der Waals surface area contributed by atoms with Gasteiger partial charge in [0.05, 0.1) is 13.5 Å². The summed E-state index contributed by atoms with van der Waals surface area (Å²) in [6.07, 6.45) is 2.54. The molecular formula is C10H20N2O2. The van der Waals surface area contributed by atoms with Crippen LogP contribution >= 0.6 is 0 Å². The Hall–Kier alpha value is -0.610. The molecule has 1 rings (SSSR count). The molecule has 0 aromatic heterocycles. The normalized spacial score (nSPS) is 28.8. The van der Waals surface area contributed by atoms with Crippen LogP contribution < -0.4 is 5.73 Å². The van der Waals surface area contributed by atoms with Crippen LogP contribution in [0.1, 0.15) is 26.2 Å². The maximum atomic E-state index is 11.0. The van der Waals surface area contributed by atoms with Crippen molar-refractivity contribution in [2.75, 3.05) is 20.2 Å². The lowest BCUT2D eigenvalue weighted by Crippen LogP contribution is -2.46. The smallest absolute Gasteiger partial charge is 0.306 e. The first-order chi connectivity index (χ1) is 6.63. The van der Waals surface area contributed by atoms with Crippen molar-refractivity contribution in [2.45, 2.75) is 38.3 Å². The van der Waals surface area contributed by atoms with Crippen LogP contribution in [0.2, 0.25) is 0 Å². The van der Waals surface area contributed by atoms with Crippen molar-refractivity contribution in [3.05, 3.63) is 0 Å². The van der Waals surface area contributed by atoms with Crippen molar-refractivity contribution < 1.29 is 9.53 Å². The van der Waals surface area contributed by atoms with Gasteiger partial charge in [-0.05, 0) is 26.3 Å². The lowest BCUT2D eigenvalue weighted by Gasteiger charge is -2.36. The molecule has 1 heterocycles. The molecule has 0 bridgehead atoms. The topological polar surface area (TPSA) is 55.6 Å². The number of nitrogens with zero attached hydrogens (tertiary/aromatic N) is 1. The first kappa shape index (κ1) is 11.5. The molecule has 0 spiro atoms. The van der Waals surface area contributed by atoms with Crippen LogP contribution in [0.15, 0.2) is 0 Å². The van der Waals surface area contributed by atoms with Crippen molar-refractivity contribution in [3.63, 3.8) is 0 Å². The van der Waals surface area contributed by atoms with Crippen molar-refractivity contribution >= 4 is 5.97 Å². The Morgan fingerprint density at radius 3 is 2.93 bits per heavy atom. The van der Waals surface area contributed by atoms with Crippen LogP contribution in [0.3, 0.4) is 0 Å². The van der Waals surface area contributed by atoms with E-state index >= 15 is 0 Å². The monoisotopic (exact) mass is 200 g/mol. The lowest BCUT2D eigenvalue weighted by atomic mass is 9.99. The number of likely N-dealkylation sites (tertiary alicyclic amines) is 1. The van der Waals surface area contributed by atoms with E-state index in [2.05, 4.69) is 16.6 Å². The van der Waals surface area contributed by atoms with Gasteiger partial charge >= 0.3 is 5.97 Å². The van der Waals surface area contributed by atoms with E-state index in [-0.39, 0.29) is 5.97 Å². The second kappa shape index (κ2) is 5.32. The van der Waals surface area contributed by atoms with Crippen molar-refractivity contribution in [2.24, 2.45) is 5.73 Å². The molecule has 2 unspecified atom stereocenters. The van der Waals surface area contributed by atoms with Gasteiger partial charge < -0.3 is 10.5 Å². The van der Waals surface area contributed by atoms with Crippen molar-refractivity contribution in [1.29, 1.82) is 0 Å². The zero-order valence-corrected chi connectivity index (χ0v) is 9.03. The zero-order valence-electron chi connectivity index (χ0n) is 9.03. The average Bonchev–Trinajstić information content (AvgIpc) is 2.16. The highest BCUT2D eigenvalue weighted by atomic mass is 16.5. The lowest BCUT2D eigenvalue weighted by molar-refractivity contribution is -0.141. The molecule has 0 amide bonds. The molecule has 2 atom stereocenters. The van der Waals surface area contributed by atoms with Gasteiger partial charge in [-0.3, -0.25) is 9.69 Å². The molecule has 1 aliphatic heterocycles. The first-order valence-corrected chi connectivity index (χ1v) is 5.20. The second-order valence-corrected chi connectivity index (χ2v) is 4.00. The Bertz CT molecular complexity index is 197. The fraction of sp³-hybridized carbons (Fsp3) is 0.900. The minimum Gasteiger partial charge on any atom is -0.469 e. The number of carbonyl (C=O) groups excluding carboxylic acids is 1. The number of esters is 1. The number of hydrogen-bond acceptors (Lipinski definition) is 4. The molecule has 82 valence electrons. The number of carbonyl (C=O) groups is 1. The van der Waals surface area contributed by atoms with E-state index in [1.165, 1.54) is 7.11 Å². The Morgan fingerprint density at radius 1 is 1.64 bits per heavy atom. The molecule has 1 saturated heterocycles. The molecule has 4 heteroatoms. The largest absolute Gasteiger partial charge is 0.469 e. The summed E-state index contributed by atoms with van der Waals surface area (Å²) in [4.78, 5) is 13.3. The van der Waals surface area contributed by atoms with Crippen LogP contribution in [-0.4, -0.2) is 43.2 Å². The highest BCUT2D eigenvalue weighted by molar-refractivity contribution is 5.69. The van der Waals surface area contributed by atoms with Gasteiger partial charge in [0, 0.05) is 18.6 Å². The van der Waals surface area contributed by atoms with E-state index in [1.54, 1.807) is 0 Å². The highest BCUT2D eigenvalue weighted by Crippen LogP contribution is 2.15. The predicted octanol–water partition coefficient (Wildman–Crippen LogP) is 0.361. The number of nitrogens with two attached hydrogens (primary N) is 1. The van der Waals surface area contributed by atoms with Gasteiger partial charge in [-0.25, -0.2) is 0 Å². The number of piperidine rings is 1. The van der Waals surface area contributed by atoms with E-state index in [0.717, 1.165) is 25.9 Å². The summed E-state index contributed by atoms with van der Waals surface area (Å²) in [7, 11) is 1.43. The first-order valence-electron chi connectivity index (χ1n) is 5.20. The van der Waals surface area contributed by atoms with Crippen LogP contribution in [0, 0.1) is 0 Å². The number of rotatable bonds is 3. The molecule has 0 radical (unpaired) electrons. The van der Waals surface area contributed by atoms with Crippen LogP contribution in [0.4, 0.5) is 0 Å². The number of ether oxygens (including phenoxy) is 1. The molecule has 0 aromatic rings. The van der Waals surface area contributed by atoms with Crippen LogP contribution in [-0.2, 0) is 9.53 Å². The van der Waals surface area contributed by atoms with Gasteiger partial charge in [0.2, 0.25) is 0 Å². The Morgan fingerprint density at radius 2 is 2.36 bits per heavy atom. The summed E-state index contributed by atoms with van der Waals surface area (Å²) in [5, 5.41) is 0. The molecule has 0 aromatic carbocycles.